The minimum Gasteiger partial charge on any atom is -0.352 e. The van der Waals surface area contributed by atoms with Crippen LogP contribution in [-0.4, -0.2) is 25.6 Å². The van der Waals surface area contributed by atoms with Crippen LogP contribution < -0.4 is 5.32 Å². The molecule has 1 saturated carbocycles. The average molecular weight is 364 g/mol. The molecule has 1 N–H and O–H groups in total. The molecule has 1 fully saturated rings. The second-order valence-corrected chi connectivity index (χ2v) is 8.82. The Morgan fingerprint density at radius 1 is 1.27 bits per heavy atom. The zero-order valence-corrected chi connectivity index (χ0v) is 14.6. The van der Waals surface area contributed by atoms with E-state index in [1.165, 1.54) is 13.0 Å². The van der Waals surface area contributed by atoms with Crippen LogP contribution in [0.1, 0.15) is 38.2 Å². The molecule has 0 radical (unpaired) electrons. The Bertz CT molecular complexity index is 655. The predicted molar refractivity (Wildman–Crippen MR) is 88.9 cm³/mol. The standard InChI is InChI=1S/C15H19Cl2NO3S/c1-10(15(19)18-12-4-2-3-5-12)22(20,21)9-11-6-7-13(16)14(17)8-11/h6-8,10,12H,2-5,9H2,1H3,(H,18,19)/t10-/m0/s1. The molecule has 1 aromatic carbocycles. The van der Waals surface area contributed by atoms with Gasteiger partial charge in [-0.1, -0.05) is 42.1 Å². The molecule has 22 heavy (non-hydrogen) atoms. The number of carbonyl (C=O) groups is 1. The number of hydrogen-bond acceptors (Lipinski definition) is 3. The molecule has 0 unspecified atom stereocenters. The summed E-state index contributed by atoms with van der Waals surface area (Å²) in [6.45, 7) is 1.43. The van der Waals surface area contributed by atoms with Gasteiger partial charge >= 0.3 is 0 Å². The van der Waals surface area contributed by atoms with Crippen molar-refractivity contribution in [3.05, 3.63) is 33.8 Å². The van der Waals surface area contributed by atoms with E-state index >= 15 is 0 Å². The molecule has 1 atom stereocenters. The van der Waals surface area contributed by atoms with Crippen molar-refractivity contribution in [2.24, 2.45) is 0 Å². The summed E-state index contributed by atoms with van der Waals surface area (Å²) in [6.07, 6.45) is 4.00. The van der Waals surface area contributed by atoms with Crippen molar-refractivity contribution in [1.29, 1.82) is 0 Å². The molecule has 1 aromatic rings. The molecular weight excluding hydrogens is 345 g/mol. The van der Waals surface area contributed by atoms with Crippen molar-refractivity contribution in [3.63, 3.8) is 0 Å². The summed E-state index contributed by atoms with van der Waals surface area (Å²) >= 11 is 11.7. The molecule has 0 saturated heterocycles. The summed E-state index contributed by atoms with van der Waals surface area (Å²) in [5.74, 6) is -0.657. The van der Waals surface area contributed by atoms with Crippen LogP contribution in [0.4, 0.5) is 0 Å². The number of halogens is 2. The second kappa shape index (κ2) is 7.20. The van der Waals surface area contributed by atoms with Gasteiger partial charge in [0.25, 0.3) is 0 Å². The van der Waals surface area contributed by atoms with Crippen LogP contribution >= 0.6 is 23.2 Å². The zero-order valence-electron chi connectivity index (χ0n) is 12.3. The van der Waals surface area contributed by atoms with Crippen LogP contribution in [0.5, 0.6) is 0 Å². The van der Waals surface area contributed by atoms with E-state index in [0.29, 0.717) is 15.6 Å². The lowest BCUT2D eigenvalue weighted by Gasteiger charge is -2.17. The maximum Gasteiger partial charge on any atom is 0.238 e. The number of amides is 1. The van der Waals surface area contributed by atoms with E-state index in [0.717, 1.165) is 25.7 Å². The van der Waals surface area contributed by atoms with Crippen molar-refractivity contribution < 1.29 is 13.2 Å². The van der Waals surface area contributed by atoms with E-state index in [1.54, 1.807) is 12.1 Å². The summed E-state index contributed by atoms with van der Waals surface area (Å²) < 4.78 is 24.7. The van der Waals surface area contributed by atoms with Gasteiger partial charge < -0.3 is 5.32 Å². The van der Waals surface area contributed by atoms with E-state index in [-0.39, 0.29) is 11.8 Å². The number of sulfone groups is 1. The second-order valence-electron chi connectivity index (χ2n) is 5.69. The third kappa shape index (κ3) is 4.37. The van der Waals surface area contributed by atoms with Crippen LogP contribution in [0, 0.1) is 0 Å². The molecule has 7 heteroatoms. The largest absolute Gasteiger partial charge is 0.352 e. The van der Waals surface area contributed by atoms with Gasteiger partial charge in [-0.3, -0.25) is 4.79 Å². The third-order valence-corrected chi connectivity index (χ3v) is 6.73. The zero-order chi connectivity index (χ0) is 16.3. The van der Waals surface area contributed by atoms with Crippen LogP contribution in [0.2, 0.25) is 10.0 Å². The molecule has 2 rings (SSSR count). The maximum atomic E-state index is 12.4. The Morgan fingerprint density at radius 2 is 1.91 bits per heavy atom. The Labute approximate surface area is 141 Å². The highest BCUT2D eigenvalue weighted by atomic mass is 35.5. The molecule has 0 aromatic heterocycles. The fourth-order valence-electron chi connectivity index (χ4n) is 2.54. The van der Waals surface area contributed by atoms with Gasteiger partial charge in [-0.15, -0.1) is 0 Å². The van der Waals surface area contributed by atoms with Crippen LogP contribution in [0.3, 0.4) is 0 Å². The lowest BCUT2D eigenvalue weighted by molar-refractivity contribution is -0.121. The normalized spacial score (nSPS) is 17.4. The van der Waals surface area contributed by atoms with Gasteiger partial charge in [0.05, 0.1) is 15.8 Å². The van der Waals surface area contributed by atoms with E-state index in [2.05, 4.69) is 5.32 Å². The predicted octanol–water partition coefficient (Wildman–Crippen LogP) is 3.36. The number of hydrogen-bond donors (Lipinski definition) is 1. The molecule has 1 amide bonds. The Hall–Kier alpha value is -0.780. The van der Waals surface area contributed by atoms with Crippen molar-refractivity contribution in [2.75, 3.05) is 0 Å². The van der Waals surface area contributed by atoms with Crippen LogP contribution in [-0.2, 0) is 20.4 Å². The summed E-state index contributed by atoms with van der Waals surface area (Å²) in [5, 5.41) is 2.42. The van der Waals surface area contributed by atoms with Gasteiger partial charge in [0.1, 0.15) is 5.25 Å². The molecule has 0 bridgehead atoms. The third-order valence-electron chi connectivity index (χ3n) is 3.96. The summed E-state index contributed by atoms with van der Waals surface area (Å²) in [7, 11) is -3.60. The van der Waals surface area contributed by atoms with Crippen molar-refractivity contribution in [3.8, 4) is 0 Å². The SMILES string of the molecule is C[C@@H](C(=O)NC1CCCC1)S(=O)(=O)Cc1ccc(Cl)c(Cl)c1. The van der Waals surface area contributed by atoms with E-state index in [4.69, 9.17) is 23.2 Å². The summed E-state index contributed by atoms with van der Waals surface area (Å²) in [6, 6.07) is 4.78. The first-order chi connectivity index (χ1) is 10.3. The Balaban J connectivity index is 2.04. The quantitative estimate of drug-likeness (QED) is 0.872. The average Bonchev–Trinajstić information content (AvgIpc) is 2.94. The minimum atomic E-state index is -3.60. The molecule has 0 heterocycles. The van der Waals surface area contributed by atoms with Gasteiger partial charge in [-0.25, -0.2) is 8.42 Å². The summed E-state index contributed by atoms with van der Waals surface area (Å²) in [5.41, 5.74) is 0.523. The van der Waals surface area contributed by atoms with Crippen molar-refractivity contribution >= 4 is 38.9 Å². The number of nitrogens with one attached hydrogen (secondary N) is 1. The first kappa shape index (κ1) is 17.6. The summed E-state index contributed by atoms with van der Waals surface area (Å²) in [4.78, 5) is 12.1. The van der Waals surface area contributed by atoms with Crippen molar-refractivity contribution in [2.45, 2.75) is 49.7 Å². The Kier molecular flexibility index (Phi) is 5.75. The van der Waals surface area contributed by atoms with Gasteiger partial charge in [0.2, 0.25) is 5.91 Å². The topological polar surface area (TPSA) is 63.2 Å². The van der Waals surface area contributed by atoms with Crippen molar-refractivity contribution in [1.82, 2.24) is 5.32 Å². The van der Waals surface area contributed by atoms with Crippen LogP contribution in [0.25, 0.3) is 0 Å². The first-order valence-electron chi connectivity index (χ1n) is 7.25. The van der Waals surface area contributed by atoms with Gasteiger partial charge in [-0.05, 0) is 37.5 Å². The first-order valence-corrected chi connectivity index (χ1v) is 9.72. The highest BCUT2D eigenvalue weighted by Crippen LogP contribution is 2.24. The molecule has 0 aliphatic heterocycles. The number of carbonyl (C=O) groups excluding carboxylic acids is 1. The molecule has 0 spiro atoms. The molecule has 4 nitrogen and oxygen atoms in total. The molecule has 122 valence electrons. The fraction of sp³-hybridized carbons (Fsp3) is 0.533. The maximum absolute atomic E-state index is 12.4. The van der Waals surface area contributed by atoms with Crippen LogP contribution in [0.15, 0.2) is 18.2 Å². The van der Waals surface area contributed by atoms with E-state index < -0.39 is 21.0 Å². The van der Waals surface area contributed by atoms with Gasteiger partial charge in [-0.2, -0.15) is 0 Å². The highest BCUT2D eigenvalue weighted by molar-refractivity contribution is 7.92. The fourth-order valence-corrected chi connectivity index (χ4v) is 4.15. The smallest absolute Gasteiger partial charge is 0.238 e. The molecular formula is C15H19Cl2NO3S. The molecule has 1 aliphatic rings. The Morgan fingerprint density at radius 3 is 2.50 bits per heavy atom. The number of rotatable bonds is 5. The monoisotopic (exact) mass is 363 g/mol. The number of benzene rings is 1. The lowest BCUT2D eigenvalue weighted by atomic mass is 10.2. The molecule has 1 aliphatic carbocycles. The highest BCUT2D eigenvalue weighted by Gasteiger charge is 2.30. The van der Waals surface area contributed by atoms with Gasteiger partial charge in [0.15, 0.2) is 9.84 Å². The van der Waals surface area contributed by atoms with E-state index in [9.17, 15) is 13.2 Å². The van der Waals surface area contributed by atoms with Gasteiger partial charge in [0, 0.05) is 6.04 Å². The minimum absolute atomic E-state index is 0.107. The lowest BCUT2D eigenvalue weighted by Crippen LogP contribution is -2.42. The van der Waals surface area contributed by atoms with E-state index in [1.807, 2.05) is 0 Å².